The van der Waals surface area contributed by atoms with E-state index in [1.165, 1.54) is 0 Å². The largest absolute Gasteiger partial charge is 0.394 e. The minimum Gasteiger partial charge on any atom is -0.394 e. The Bertz CT molecular complexity index is 545. The van der Waals surface area contributed by atoms with Crippen LogP contribution in [0.5, 0.6) is 0 Å². The molecule has 2 rings (SSSR count). The summed E-state index contributed by atoms with van der Waals surface area (Å²) < 4.78 is 16.9. The third-order valence-corrected chi connectivity index (χ3v) is 5.40. The number of aliphatic hydroxyl groups is 2. The Morgan fingerprint density at radius 1 is 1.38 bits per heavy atom. The number of halogens is 2. The molecule has 4 atom stereocenters. The average molecular weight is 489 g/mol. The van der Waals surface area contributed by atoms with Gasteiger partial charge in [0.05, 0.1) is 31.9 Å². The van der Waals surface area contributed by atoms with Crippen LogP contribution in [-0.4, -0.2) is 41.4 Å². The fourth-order valence-electron chi connectivity index (χ4n) is 2.93. The highest BCUT2D eigenvalue weighted by atomic mass is 127. The first-order chi connectivity index (χ1) is 11.4. The predicted octanol–water partition coefficient (Wildman–Crippen LogP) is 3.78. The van der Waals surface area contributed by atoms with Crippen LogP contribution in [0.1, 0.15) is 37.5 Å². The zero-order valence-corrected chi connectivity index (χ0v) is 17.6. The van der Waals surface area contributed by atoms with E-state index in [0.29, 0.717) is 30.9 Å². The van der Waals surface area contributed by atoms with Crippen LogP contribution in [-0.2, 0) is 20.4 Å². The number of hydrogen-bond donors (Lipinski definition) is 2. The molecule has 1 aliphatic rings. The molecule has 1 fully saturated rings. The Kier molecular flexibility index (Phi) is 8.15. The molecule has 0 saturated carbocycles. The summed E-state index contributed by atoms with van der Waals surface area (Å²) in [6.07, 6.45) is -0.502. The van der Waals surface area contributed by atoms with Crippen LogP contribution in [0.25, 0.3) is 0 Å². The van der Waals surface area contributed by atoms with E-state index in [9.17, 15) is 10.2 Å². The third kappa shape index (κ3) is 5.74. The predicted molar refractivity (Wildman–Crippen MR) is 104 cm³/mol. The van der Waals surface area contributed by atoms with Gasteiger partial charge in [-0.15, -0.1) is 0 Å². The van der Waals surface area contributed by atoms with Gasteiger partial charge in [0.2, 0.25) is 0 Å². The molecule has 1 aliphatic heterocycles. The molecular formula is C16H23ClIO5P. The molecule has 1 aromatic rings. The van der Waals surface area contributed by atoms with Gasteiger partial charge in [-0.3, -0.25) is 0 Å². The van der Waals surface area contributed by atoms with Crippen molar-refractivity contribution in [1.29, 1.82) is 0 Å². The zero-order chi connectivity index (χ0) is 17.7. The molecule has 2 N–H and O–H groups in total. The maximum absolute atomic E-state index is 10.7. The van der Waals surface area contributed by atoms with Gasteiger partial charge in [0.25, 0.3) is 0 Å². The Morgan fingerprint density at radius 3 is 2.75 bits per heavy atom. The molecule has 8 heteroatoms. The molecule has 24 heavy (non-hydrogen) atoms. The summed E-state index contributed by atoms with van der Waals surface area (Å²) in [5.74, 6) is -0.754. The minimum absolute atomic E-state index is 0.140. The van der Waals surface area contributed by atoms with Crippen molar-refractivity contribution in [2.45, 2.75) is 50.8 Å². The number of aliphatic hydroxyl groups excluding tert-OH is 2. The van der Waals surface area contributed by atoms with Crippen LogP contribution in [0, 0.1) is 0 Å². The van der Waals surface area contributed by atoms with Crippen molar-refractivity contribution < 1.29 is 24.2 Å². The number of hydrogen-bond acceptors (Lipinski definition) is 5. The second-order valence-corrected chi connectivity index (χ2v) is 8.37. The summed E-state index contributed by atoms with van der Waals surface area (Å²) >= 11 is 8.27. The van der Waals surface area contributed by atoms with Gasteiger partial charge in [0, 0.05) is 11.4 Å². The standard InChI is InChI=1S/C16H23ClIO5P/c1-16(2)22-14(15(9-19)23-16)8-13(20)12-4-3-11(17)7-10(12)5-6-21-24-18/h3-4,7,13-15,19-20,24H,5-6,8-9H2,1-2H3. The lowest BCUT2D eigenvalue weighted by molar-refractivity contribution is -0.150. The summed E-state index contributed by atoms with van der Waals surface area (Å²) in [5, 5.41) is 20.8. The van der Waals surface area contributed by atoms with Gasteiger partial charge in [0.15, 0.2) is 5.79 Å². The normalized spacial score (nSPS) is 24.8. The molecule has 136 valence electrons. The number of benzene rings is 1. The summed E-state index contributed by atoms with van der Waals surface area (Å²) in [4.78, 5) is 0. The van der Waals surface area contributed by atoms with Gasteiger partial charge in [-0.2, -0.15) is 0 Å². The van der Waals surface area contributed by atoms with E-state index in [0.717, 1.165) is 11.1 Å². The van der Waals surface area contributed by atoms with E-state index >= 15 is 0 Å². The smallest absolute Gasteiger partial charge is 0.163 e. The van der Waals surface area contributed by atoms with Crippen molar-refractivity contribution >= 4 is 40.1 Å². The first-order valence-corrected chi connectivity index (χ1v) is 12.2. The Balaban J connectivity index is 2.10. The van der Waals surface area contributed by atoms with Crippen molar-refractivity contribution in [3.8, 4) is 0 Å². The molecule has 4 unspecified atom stereocenters. The number of ether oxygens (including phenoxy) is 2. The quantitative estimate of drug-likeness (QED) is 0.331. The highest BCUT2D eigenvalue weighted by molar-refractivity contribution is 14.2. The summed E-state index contributed by atoms with van der Waals surface area (Å²) in [6.45, 7) is 4.45. The zero-order valence-electron chi connectivity index (χ0n) is 13.7. The van der Waals surface area contributed by atoms with Crippen molar-refractivity contribution in [3.63, 3.8) is 0 Å². The molecule has 0 radical (unpaired) electrons. The molecule has 1 heterocycles. The molecule has 0 spiro atoms. The molecule has 5 nitrogen and oxygen atoms in total. The van der Waals surface area contributed by atoms with E-state index in [1.54, 1.807) is 19.9 Å². The molecule has 1 aromatic carbocycles. The van der Waals surface area contributed by atoms with E-state index in [-0.39, 0.29) is 12.7 Å². The summed E-state index contributed by atoms with van der Waals surface area (Å²) in [5.41, 5.74) is 1.77. The van der Waals surface area contributed by atoms with Gasteiger partial charge in [-0.1, -0.05) is 17.7 Å². The monoisotopic (exact) mass is 488 g/mol. The highest BCUT2D eigenvalue weighted by Gasteiger charge is 2.41. The summed E-state index contributed by atoms with van der Waals surface area (Å²) in [7, 11) is 0. The van der Waals surface area contributed by atoms with Crippen LogP contribution in [0.4, 0.5) is 0 Å². The third-order valence-electron chi connectivity index (χ3n) is 3.91. The van der Waals surface area contributed by atoms with Crippen molar-refractivity contribution in [3.05, 3.63) is 34.3 Å². The van der Waals surface area contributed by atoms with E-state index < -0.39 is 18.0 Å². The van der Waals surface area contributed by atoms with Crippen LogP contribution in [0.3, 0.4) is 0 Å². The van der Waals surface area contributed by atoms with E-state index in [1.807, 2.05) is 12.1 Å². The maximum Gasteiger partial charge on any atom is 0.163 e. The Hall–Kier alpha value is 0.470. The molecule has 0 amide bonds. The Labute approximate surface area is 162 Å². The van der Waals surface area contributed by atoms with Crippen molar-refractivity contribution in [2.24, 2.45) is 0 Å². The lowest BCUT2D eigenvalue weighted by Gasteiger charge is -2.21. The molecule has 0 bridgehead atoms. The Morgan fingerprint density at radius 2 is 2.08 bits per heavy atom. The maximum atomic E-state index is 10.7. The summed E-state index contributed by atoms with van der Waals surface area (Å²) in [6, 6.07) is 5.47. The molecule has 0 aliphatic carbocycles. The minimum atomic E-state index is -0.754. The lowest BCUT2D eigenvalue weighted by Crippen LogP contribution is -2.28. The average Bonchev–Trinajstić information content (AvgIpc) is 2.81. The van der Waals surface area contributed by atoms with Gasteiger partial charge >= 0.3 is 0 Å². The number of rotatable bonds is 8. The molecule has 0 aromatic heterocycles. The van der Waals surface area contributed by atoms with Gasteiger partial charge in [0.1, 0.15) is 6.10 Å². The van der Waals surface area contributed by atoms with Crippen LogP contribution in [0.2, 0.25) is 5.02 Å². The fourth-order valence-corrected chi connectivity index (χ4v) is 3.96. The topological polar surface area (TPSA) is 68.2 Å². The van der Waals surface area contributed by atoms with Gasteiger partial charge < -0.3 is 24.2 Å². The van der Waals surface area contributed by atoms with Crippen LogP contribution in [0.15, 0.2) is 18.2 Å². The van der Waals surface area contributed by atoms with Crippen LogP contribution >= 0.6 is 40.1 Å². The molecular weight excluding hydrogens is 466 g/mol. The first-order valence-electron chi connectivity index (χ1n) is 7.76. The SMILES string of the molecule is CC1(C)OC(CO)C(CC(O)c2ccc(Cl)cc2CCOPI)O1. The second kappa shape index (κ2) is 9.42. The van der Waals surface area contributed by atoms with Gasteiger partial charge in [-0.05, 0) is 65.6 Å². The fraction of sp³-hybridized carbons (Fsp3) is 0.625. The first kappa shape index (κ1) is 20.8. The van der Waals surface area contributed by atoms with Crippen molar-refractivity contribution in [1.82, 2.24) is 0 Å². The van der Waals surface area contributed by atoms with E-state index in [4.69, 9.17) is 25.6 Å². The second-order valence-electron chi connectivity index (χ2n) is 6.17. The lowest BCUT2D eigenvalue weighted by atomic mass is 9.95. The van der Waals surface area contributed by atoms with E-state index in [2.05, 4.69) is 22.0 Å². The van der Waals surface area contributed by atoms with Crippen LogP contribution < -0.4 is 0 Å². The van der Waals surface area contributed by atoms with Gasteiger partial charge in [-0.25, -0.2) is 0 Å². The van der Waals surface area contributed by atoms with Crippen molar-refractivity contribution in [2.75, 3.05) is 13.2 Å². The highest BCUT2D eigenvalue weighted by Crippen LogP contribution is 2.34. The molecule has 1 saturated heterocycles.